The lowest BCUT2D eigenvalue weighted by molar-refractivity contribution is -0.159. The van der Waals surface area contributed by atoms with Crippen LogP contribution in [0.2, 0.25) is 5.02 Å². The van der Waals surface area contributed by atoms with Gasteiger partial charge in [0, 0.05) is 29.7 Å². The molecule has 0 aliphatic carbocycles. The minimum atomic E-state index is -0.465. The van der Waals surface area contributed by atoms with Crippen LogP contribution in [0.15, 0.2) is 36.0 Å². The van der Waals surface area contributed by atoms with E-state index in [0.29, 0.717) is 11.6 Å². The Hall–Kier alpha value is -1.87. The van der Waals surface area contributed by atoms with Crippen molar-refractivity contribution in [1.82, 2.24) is 14.9 Å². The number of carbonyl (C=O) groups is 1. The Labute approximate surface area is 221 Å². The second kappa shape index (κ2) is 11.9. The van der Waals surface area contributed by atoms with E-state index in [1.54, 1.807) is 24.6 Å². The molecule has 35 heavy (non-hydrogen) atoms. The molecule has 1 unspecified atom stereocenters. The third kappa shape index (κ3) is 6.10. The molecule has 1 aromatic carbocycles. The highest BCUT2D eigenvalue weighted by atomic mass is 35.5. The minimum Gasteiger partial charge on any atom is -0.497 e. The lowest BCUT2D eigenvalue weighted by atomic mass is 9.74. The van der Waals surface area contributed by atoms with Crippen molar-refractivity contribution in [3.8, 4) is 5.75 Å². The van der Waals surface area contributed by atoms with Crippen LogP contribution in [0.4, 0.5) is 0 Å². The summed E-state index contributed by atoms with van der Waals surface area (Å²) in [6, 6.07) is 5.84. The zero-order valence-corrected chi connectivity index (χ0v) is 22.7. The molecule has 188 valence electrons. The molecule has 0 spiro atoms. The van der Waals surface area contributed by atoms with Gasteiger partial charge in [-0.1, -0.05) is 11.6 Å². The van der Waals surface area contributed by atoms with Crippen LogP contribution in [0, 0.1) is 5.41 Å². The number of pyridine rings is 1. The lowest BCUT2D eigenvalue weighted by Crippen LogP contribution is -2.46. The molecule has 0 radical (unpaired) electrons. The Morgan fingerprint density at radius 3 is 2.80 bits per heavy atom. The molecule has 1 aliphatic rings. The van der Waals surface area contributed by atoms with Crippen molar-refractivity contribution in [2.75, 3.05) is 33.4 Å². The summed E-state index contributed by atoms with van der Waals surface area (Å²) >= 11 is 12.9. The smallest absolute Gasteiger partial charge is 0.312 e. The van der Waals surface area contributed by atoms with E-state index >= 15 is 0 Å². The number of hydrogen-bond acceptors (Lipinski definition) is 8. The highest BCUT2D eigenvalue weighted by Crippen LogP contribution is 2.40. The van der Waals surface area contributed by atoms with Gasteiger partial charge in [-0.05, 0) is 75.9 Å². The van der Waals surface area contributed by atoms with Crippen molar-refractivity contribution in [1.29, 1.82) is 0 Å². The van der Waals surface area contributed by atoms with E-state index < -0.39 is 5.41 Å². The molecule has 1 aliphatic heterocycles. The zero-order valence-electron chi connectivity index (χ0n) is 20.2. The average molecular weight is 534 g/mol. The van der Waals surface area contributed by atoms with Crippen molar-refractivity contribution >= 4 is 52.4 Å². The maximum Gasteiger partial charge on any atom is 0.312 e. The molecule has 0 amide bonds. The molecule has 1 atom stereocenters. The van der Waals surface area contributed by atoms with Crippen molar-refractivity contribution in [3.63, 3.8) is 0 Å². The average Bonchev–Trinajstić information content (AvgIpc) is 3.42. The zero-order chi connectivity index (χ0) is 24.8. The van der Waals surface area contributed by atoms with Crippen LogP contribution in [-0.4, -0.2) is 54.2 Å². The lowest BCUT2D eigenvalue weighted by Gasteiger charge is -2.40. The molecule has 3 aromatic rings. The topological polar surface area (TPSA) is 64.6 Å². The normalized spacial score (nSPS) is 16.8. The minimum absolute atomic E-state index is 0.0747. The van der Waals surface area contributed by atoms with Crippen LogP contribution in [0.3, 0.4) is 0 Å². The molecular weight excluding hydrogens is 502 g/mol. The van der Waals surface area contributed by atoms with Crippen molar-refractivity contribution < 1.29 is 14.3 Å². The summed E-state index contributed by atoms with van der Waals surface area (Å²) < 4.78 is 11.0. The van der Waals surface area contributed by atoms with Gasteiger partial charge >= 0.3 is 5.97 Å². The molecule has 1 fully saturated rings. The summed E-state index contributed by atoms with van der Waals surface area (Å²) in [7, 11) is 1.65. The second-order valence-electron chi connectivity index (χ2n) is 9.01. The van der Waals surface area contributed by atoms with Gasteiger partial charge in [0.15, 0.2) is 0 Å². The first-order chi connectivity index (χ1) is 17.0. The molecule has 1 saturated heterocycles. The van der Waals surface area contributed by atoms with Gasteiger partial charge in [0.25, 0.3) is 0 Å². The number of halogens is 1. The highest BCUT2D eigenvalue weighted by molar-refractivity contribution is 7.80. The predicted molar refractivity (Wildman–Crippen MR) is 145 cm³/mol. The number of carbonyl (C=O) groups excluding carboxylic acids is 1. The third-order valence-corrected chi connectivity index (χ3v) is 8.70. The third-order valence-electron chi connectivity index (χ3n) is 6.91. The molecule has 0 bridgehead atoms. The highest BCUT2D eigenvalue weighted by Gasteiger charge is 2.42. The summed E-state index contributed by atoms with van der Waals surface area (Å²) in [5, 5.41) is 4.75. The number of hydrogen-bond donors (Lipinski definition) is 1. The number of methoxy groups -OCH3 is 1. The molecule has 3 heterocycles. The number of thiazole rings is 1. The maximum absolute atomic E-state index is 13.1. The van der Waals surface area contributed by atoms with E-state index in [-0.39, 0.29) is 11.2 Å². The van der Waals surface area contributed by atoms with Gasteiger partial charge < -0.3 is 14.4 Å². The van der Waals surface area contributed by atoms with Gasteiger partial charge in [0.05, 0.1) is 34.9 Å². The van der Waals surface area contributed by atoms with Crippen LogP contribution in [0.25, 0.3) is 10.9 Å². The number of thiol groups is 1. The Kier molecular flexibility index (Phi) is 8.92. The monoisotopic (exact) mass is 533 g/mol. The number of benzene rings is 1. The van der Waals surface area contributed by atoms with Crippen LogP contribution >= 0.6 is 35.6 Å². The van der Waals surface area contributed by atoms with Gasteiger partial charge in [-0.15, -0.1) is 11.3 Å². The predicted octanol–water partition coefficient (Wildman–Crippen LogP) is 5.99. The summed E-state index contributed by atoms with van der Waals surface area (Å²) in [5.74, 6) is 0.702. The molecule has 2 aromatic heterocycles. The Morgan fingerprint density at radius 1 is 1.31 bits per heavy atom. The molecular formula is C26H32ClN3O3S2. The first-order valence-corrected chi connectivity index (χ1v) is 13.8. The van der Waals surface area contributed by atoms with Gasteiger partial charge in [0.1, 0.15) is 10.8 Å². The molecule has 0 N–H and O–H groups in total. The Bertz CT molecular complexity index is 1130. The summed E-state index contributed by atoms with van der Waals surface area (Å²) in [6.45, 7) is 4.79. The summed E-state index contributed by atoms with van der Waals surface area (Å²) in [6.07, 6.45) is 7.45. The van der Waals surface area contributed by atoms with Crippen LogP contribution in [0.1, 0.15) is 48.4 Å². The molecule has 6 nitrogen and oxygen atoms in total. The van der Waals surface area contributed by atoms with E-state index in [9.17, 15) is 4.79 Å². The van der Waals surface area contributed by atoms with Crippen molar-refractivity contribution in [2.24, 2.45) is 5.41 Å². The second-order valence-corrected chi connectivity index (χ2v) is 11.0. The molecule has 9 heteroatoms. The number of piperidine rings is 1. The molecule has 4 rings (SSSR count). The van der Waals surface area contributed by atoms with Crippen molar-refractivity contribution in [3.05, 3.63) is 51.6 Å². The van der Waals surface area contributed by atoms with Crippen LogP contribution in [-0.2, 0) is 16.0 Å². The number of esters is 1. The van der Waals surface area contributed by atoms with Crippen LogP contribution < -0.4 is 4.74 Å². The van der Waals surface area contributed by atoms with Crippen molar-refractivity contribution in [2.45, 2.75) is 44.3 Å². The number of aromatic nitrogens is 2. The fourth-order valence-corrected chi connectivity index (χ4v) is 6.25. The van der Waals surface area contributed by atoms with Gasteiger partial charge in [-0.2, -0.15) is 12.6 Å². The number of fused-ring (bicyclic) bond motifs is 1. The van der Waals surface area contributed by atoms with E-state index in [1.807, 2.05) is 36.7 Å². The first-order valence-electron chi connectivity index (χ1n) is 12.0. The quantitative estimate of drug-likeness (QED) is 0.255. The summed E-state index contributed by atoms with van der Waals surface area (Å²) in [5.41, 5.74) is 1.47. The maximum atomic E-state index is 13.1. The fraction of sp³-hybridized carbons (Fsp3) is 0.500. The Balaban J connectivity index is 1.44. The number of nitrogens with zero attached hydrogens (tertiary/aromatic N) is 3. The van der Waals surface area contributed by atoms with E-state index in [2.05, 4.69) is 14.9 Å². The standard InChI is InChI=1S/C26H32ClN3O3S2/c1-3-33-25(31)26(9-12-30(13-10-26)17-23(34)24-28-11-14-35-24)8-4-5-19-20-15-18(32-2)6-7-22(20)29-16-21(19)27/h6-7,11,14-16,23,34H,3-5,8-10,12-13,17H2,1-2H3. The van der Waals surface area contributed by atoms with E-state index in [0.717, 1.165) is 79.0 Å². The SMILES string of the molecule is CCOC(=O)C1(CCCc2c(Cl)cnc3ccc(OC)cc23)CCN(CC(S)c2nccs2)CC1. The number of likely N-dealkylation sites (tertiary alicyclic amines) is 1. The van der Waals surface area contributed by atoms with Crippen LogP contribution in [0.5, 0.6) is 5.75 Å². The van der Waals surface area contributed by atoms with Gasteiger partial charge in [-0.3, -0.25) is 9.78 Å². The van der Waals surface area contributed by atoms with Gasteiger partial charge in [0.2, 0.25) is 0 Å². The molecule has 0 saturated carbocycles. The van der Waals surface area contributed by atoms with E-state index in [4.69, 9.17) is 33.7 Å². The van der Waals surface area contributed by atoms with E-state index in [1.165, 1.54) is 0 Å². The number of rotatable bonds is 10. The largest absolute Gasteiger partial charge is 0.497 e. The summed E-state index contributed by atoms with van der Waals surface area (Å²) in [4.78, 5) is 24.4. The number of aryl methyl sites for hydroxylation is 1. The Morgan fingerprint density at radius 2 is 2.11 bits per heavy atom. The van der Waals surface area contributed by atoms with Gasteiger partial charge in [-0.25, -0.2) is 4.98 Å². The number of ether oxygens (including phenoxy) is 2. The fourth-order valence-electron chi connectivity index (χ4n) is 4.91. The first kappa shape index (κ1) is 26.2.